The van der Waals surface area contributed by atoms with Crippen molar-refractivity contribution in [1.82, 2.24) is 9.80 Å². The van der Waals surface area contributed by atoms with Gasteiger partial charge in [0.1, 0.15) is 5.75 Å². The van der Waals surface area contributed by atoms with Gasteiger partial charge >= 0.3 is 12.1 Å². The number of hydrogen-bond acceptors (Lipinski definition) is 4. The van der Waals surface area contributed by atoms with E-state index in [0.717, 1.165) is 62.9 Å². The molecule has 1 amide bonds. The molecule has 2 aromatic carbocycles. The molecule has 1 N–H and O–H groups in total. The van der Waals surface area contributed by atoms with Gasteiger partial charge in [-0.3, -0.25) is 4.79 Å². The maximum absolute atomic E-state index is 13.8. The number of aromatic carboxylic acids is 1. The minimum absolute atomic E-state index is 0.0362. The van der Waals surface area contributed by atoms with Crippen molar-refractivity contribution >= 4 is 11.9 Å². The SMILES string of the molecule is CCC1(C(=O)N2COc3ccc(C(F)(F)F)cc3C2)CCC(N2CCC(c3cccc(C(=O)O)c3)CC2)C1. The van der Waals surface area contributed by atoms with Gasteiger partial charge in [0.15, 0.2) is 6.73 Å². The summed E-state index contributed by atoms with van der Waals surface area (Å²) in [5, 5.41) is 9.31. The summed E-state index contributed by atoms with van der Waals surface area (Å²) in [7, 11) is 0. The normalized spacial score (nSPS) is 24.6. The van der Waals surface area contributed by atoms with E-state index in [1.165, 1.54) is 6.07 Å². The molecule has 2 aromatic rings. The van der Waals surface area contributed by atoms with Gasteiger partial charge in [0.2, 0.25) is 5.91 Å². The van der Waals surface area contributed by atoms with E-state index >= 15 is 0 Å². The summed E-state index contributed by atoms with van der Waals surface area (Å²) in [4.78, 5) is 29.1. The molecule has 2 aliphatic heterocycles. The number of benzene rings is 2. The summed E-state index contributed by atoms with van der Waals surface area (Å²) in [6.07, 6.45) is 0.481. The first-order chi connectivity index (χ1) is 18.1. The number of hydrogen-bond donors (Lipinski definition) is 1. The molecule has 1 saturated carbocycles. The fourth-order valence-corrected chi connectivity index (χ4v) is 6.48. The summed E-state index contributed by atoms with van der Waals surface area (Å²) < 4.78 is 45.3. The molecule has 38 heavy (non-hydrogen) atoms. The first-order valence-electron chi connectivity index (χ1n) is 13.3. The lowest BCUT2D eigenvalue weighted by Crippen LogP contribution is -2.47. The predicted octanol–water partition coefficient (Wildman–Crippen LogP) is 5.91. The number of nitrogens with zero attached hydrogens (tertiary/aromatic N) is 2. The van der Waals surface area contributed by atoms with Crippen LogP contribution in [0.25, 0.3) is 0 Å². The molecular weight excluding hydrogens is 497 g/mol. The number of carbonyl (C=O) groups excluding carboxylic acids is 1. The van der Waals surface area contributed by atoms with Crippen molar-refractivity contribution in [3.05, 3.63) is 64.7 Å². The van der Waals surface area contributed by atoms with E-state index in [1.54, 1.807) is 23.1 Å². The molecule has 2 heterocycles. The molecule has 9 heteroatoms. The molecule has 2 fully saturated rings. The average molecular weight is 531 g/mol. The van der Waals surface area contributed by atoms with Crippen molar-refractivity contribution in [2.24, 2.45) is 5.41 Å². The van der Waals surface area contributed by atoms with Gasteiger partial charge in [-0.05, 0) is 93.4 Å². The number of fused-ring (bicyclic) bond motifs is 1. The quantitative estimate of drug-likeness (QED) is 0.521. The Morgan fingerprint density at radius 3 is 2.55 bits per heavy atom. The monoisotopic (exact) mass is 530 g/mol. The highest BCUT2D eigenvalue weighted by Crippen LogP contribution is 2.46. The number of carboxylic acid groups (broad SMARTS) is 1. The molecule has 1 saturated heterocycles. The van der Waals surface area contributed by atoms with Gasteiger partial charge in [-0.25, -0.2) is 4.79 Å². The minimum atomic E-state index is -4.45. The van der Waals surface area contributed by atoms with E-state index < -0.39 is 23.1 Å². The lowest BCUT2D eigenvalue weighted by atomic mass is 9.81. The van der Waals surface area contributed by atoms with Crippen LogP contribution in [0.2, 0.25) is 0 Å². The summed E-state index contributed by atoms with van der Waals surface area (Å²) in [5.41, 5.74) is 0.478. The molecule has 1 aliphatic carbocycles. The van der Waals surface area contributed by atoms with Gasteiger partial charge < -0.3 is 19.6 Å². The molecule has 5 rings (SSSR count). The Bertz CT molecular complexity index is 1210. The molecule has 0 radical (unpaired) electrons. The van der Waals surface area contributed by atoms with Gasteiger partial charge in [0, 0.05) is 11.6 Å². The van der Waals surface area contributed by atoms with Crippen molar-refractivity contribution in [2.45, 2.75) is 70.1 Å². The van der Waals surface area contributed by atoms with E-state index in [0.29, 0.717) is 29.2 Å². The largest absolute Gasteiger partial charge is 0.478 e. The molecular formula is C29H33F3N2O4. The Morgan fingerprint density at radius 2 is 1.87 bits per heavy atom. The fourth-order valence-electron chi connectivity index (χ4n) is 6.48. The third kappa shape index (κ3) is 5.13. The standard InChI is InChI=1S/C29H33F3N2O4/c1-2-28(27(37)34-17-22-15-23(29(30,31)32)6-7-25(22)38-18-34)11-8-24(16-28)33-12-9-19(10-13-33)20-4-3-5-21(14-20)26(35)36/h3-7,14-15,19,24H,2,8-13,16-18H2,1H3,(H,35,36). The number of amides is 1. The predicted molar refractivity (Wildman–Crippen MR) is 135 cm³/mol. The van der Waals surface area contributed by atoms with Crippen LogP contribution in [0, 0.1) is 5.41 Å². The molecule has 6 nitrogen and oxygen atoms in total. The maximum atomic E-state index is 13.8. The number of carbonyl (C=O) groups is 2. The smallest absolute Gasteiger partial charge is 0.416 e. The van der Waals surface area contributed by atoms with Crippen molar-refractivity contribution < 1.29 is 32.6 Å². The summed E-state index contributed by atoms with van der Waals surface area (Å²) in [5.74, 6) is -0.240. The maximum Gasteiger partial charge on any atom is 0.416 e. The van der Waals surface area contributed by atoms with Crippen LogP contribution >= 0.6 is 0 Å². The lowest BCUT2D eigenvalue weighted by Gasteiger charge is -2.39. The van der Waals surface area contributed by atoms with Crippen LogP contribution in [0.15, 0.2) is 42.5 Å². The van der Waals surface area contributed by atoms with Crippen LogP contribution in [-0.2, 0) is 17.5 Å². The van der Waals surface area contributed by atoms with Crippen LogP contribution in [0.3, 0.4) is 0 Å². The first kappa shape index (κ1) is 26.5. The Morgan fingerprint density at radius 1 is 1.11 bits per heavy atom. The van der Waals surface area contributed by atoms with E-state index in [4.69, 9.17) is 4.74 Å². The molecule has 3 aliphatic rings. The molecule has 2 atom stereocenters. The van der Waals surface area contributed by atoms with Crippen molar-refractivity contribution in [3.8, 4) is 5.75 Å². The summed E-state index contributed by atoms with van der Waals surface area (Å²) >= 11 is 0. The number of halogens is 3. The average Bonchev–Trinajstić information content (AvgIpc) is 3.37. The molecule has 0 bridgehead atoms. The highest BCUT2D eigenvalue weighted by Gasteiger charge is 2.48. The van der Waals surface area contributed by atoms with Crippen LogP contribution in [0.4, 0.5) is 13.2 Å². The lowest BCUT2D eigenvalue weighted by molar-refractivity contribution is -0.147. The number of ether oxygens (including phenoxy) is 1. The van der Waals surface area contributed by atoms with Gasteiger partial charge in [-0.1, -0.05) is 19.1 Å². The number of alkyl halides is 3. The first-order valence-corrected chi connectivity index (χ1v) is 13.3. The minimum Gasteiger partial charge on any atom is -0.478 e. The molecule has 0 aromatic heterocycles. The van der Waals surface area contributed by atoms with Crippen LogP contribution in [0.5, 0.6) is 5.75 Å². The molecule has 204 valence electrons. The Balaban J connectivity index is 1.22. The van der Waals surface area contributed by atoms with Crippen molar-refractivity contribution in [3.63, 3.8) is 0 Å². The third-order valence-electron chi connectivity index (χ3n) is 8.78. The van der Waals surface area contributed by atoms with E-state index in [9.17, 15) is 27.9 Å². The van der Waals surface area contributed by atoms with Crippen LogP contribution in [0.1, 0.15) is 78.4 Å². The zero-order valence-corrected chi connectivity index (χ0v) is 21.5. The van der Waals surface area contributed by atoms with Gasteiger partial charge in [0.25, 0.3) is 0 Å². The van der Waals surface area contributed by atoms with Gasteiger partial charge in [0.05, 0.1) is 23.1 Å². The molecule has 0 spiro atoms. The Kier molecular flexibility index (Phi) is 7.15. The van der Waals surface area contributed by atoms with Crippen LogP contribution in [-0.4, -0.2) is 52.6 Å². The van der Waals surface area contributed by atoms with E-state index in [2.05, 4.69) is 4.90 Å². The summed E-state index contributed by atoms with van der Waals surface area (Å²) in [6.45, 7) is 3.96. The van der Waals surface area contributed by atoms with Crippen molar-refractivity contribution in [2.75, 3.05) is 19.8 Å². The second-order valence-corrected chi connectivity index (χ2v) is 10.9. The third-order valence-corrected chi connectivity index (χ3v) is 8.78. The van der Waals surface area contributed by atoms with E-state index in [1.807, 2.05) is 13.0 Å². The van der Waals surface area contributed by atoms with Crippen LogP contribution < -0.4 is 4.74 Å². The zero-order valence-electron chi connectivity index (χ0n) is 21.5. The van der Waals surface area contributed by atoms with Gasteiger partial charge in [-0.15, -0.1) is 0 Å². The second-order valence-electron chi connectivity index (χ2n) is 10.9. The number of piperidine rings is 1. The highest BCUT2D eigenvalue weighted by molar-refractivity contribution is 5.87. The van der Waals surface area contributed by atoms with E-state index in [-0.39, 0.29) is 25.2 Å². The second kappa shape index (κ2) is 10.2. The van der Waals surface area contributed by atoms with Crippen molar-refractivity contribution in [1.29, 1.82) is 0 Å². The number of carboxylic acids is 1. The number of likely N-dealkylation sites (tertiary alicyclic amines) is 1. The van der Waals surface area contributed by atoms with Gasteiger partial charge in [-0.2, -0.15) is 13.2 Å². The number of rotatable bonds is 5. The fraction of sp³-hybridized carbons (Fsp3) is 0.517. The Labute approximate surface area is 220 Å². The zero-order chi connectivity index (χ0) is 27.1. The molecule has 2 unspecified atom stereocenters. The summed E-state index contributed by atoms with van der Waals surface area (Å²) in [6, 6.07) is 10.9. The Hall–Kier alpha value is -3.07. The highest BCUT2D eigenvalue weighted by atomic mass is 19.4. The topological polar surface area (TPSA) is 70.1 Å².